The molecular weight excluding hydrogens is 342 g/mol. The molecule has 5 heteroatoms. The first-order valence-corrected chi connectivity index (χ1v) is 8.19. The van der Waals surface area contributed by atoms with Gasteiger partial charge in [0.25, 0.3) is 5.56 Å². The van der Waals surface area contributed by atoms with E-state index in [2.05, 4.69) is 45.2 Å². The maximum absolute atomic E-state index is 12.7. The van der Waals surface area contributed by atoms with Crippen LogP contribution in [0.1, 0.15) is 24.1 Å². The van der Waals surface area contributed by atoms with Gasteiger partial charge in [-0.15, -0.1) is 0 Å². The number of halogens is 1. The van der Waals surface area contributed by atoms with Crippen LogP contribution in [-0.2, 0) is 12.0 Å². The Kier molecular flexibility index (Phi) is 3.01. The van der Waals surface area contributed by atoms with Crippen molar-refractivity contribution in [2.24, 2.45) is 0 Å². The van der Waals surface area contributed by atoms with E-state index in [1.807, 2.05) is 25.4 Å². The fraction of sp³-hybridized carbons (Fsp3) is 0.294. The van der Waals surface area contributed by atoms with Gasteiger partial charge in [-0.1, -0.05) is 30.3 Å². The third-order valence-electron chi connectivity index (χ3n) is 4.57. The van der Waals surface area contributed by atoms with Gasteiger partial charge >= 0.3 is 0 Å². The summed E-state index contributed by atoms with van der Waals surface area (Å²) in [5.41, 5.74) is 2.72. The van der Waals surface area contributed by atoms with Gasteiger partial charge < -0.3 is 4.57 Å². The maximum atomic E-state index is 12.7. The average molecular weight is 358 g/mol. The Morgan fingerprint density at radius 2 is 1.95 bits per heavy atom. The predicted molar refractivity (Wildman–Crippen MR) is 89.2 cm³/mol. The van der Waals surface area contributed by atoms with Crippen LogP contribution >= 0.6 is 15.9 Å². The zero-order chi connectivity index (χ0) is 15.3. The summed E-state index contributed by atoms with van der Waals surface area (Å²) in [6, 6.07) is 10.5. The topological polar surface area (TPSA) is 39.3 Å². The molecule has 0 atom stereocenters. The van der Waals surface area contributed by atoms with Crippen LogP contribution in [0.2, 0.25) is 0 Å². The van der Waals surface area contributed by atoms with Crippen molar-refractivity contribution in [1.82, 2.24) is 14.0 Å². The van der Waals surface area contributed by atoms with Crippen LogP contribution < -0.4 is 5.56 Å². The highest BCUT2D eigenvalue weighted by Crippen LogP contribution is 2.49. The second-order valence-electron chi connectivity index (χ2n) is 6.06. The molecule has 4 nitrogen and oxygen atoms in total. The first-order chi connectivity index (χ1) is 10.6. The van der Waals surface area contributed by atoms with Crippen LogP contribution in [0.25, 0.3) is 5.65 Å². The normalized spacial score (nSPS) is 16.1. The molecule has 2 aromatic heterocycles. The van der Waals surface area contributed by atoms with Gasteiger partial charge in [0.1, 0.15) is 4.60 Å². The van der Waals surface area contributed by atoms with E-state index in [-0.39, 0.29) is 11.0 Å². The Morgan fingerprint density at radius 1 is 1.23 bits per heavy atom. The highest BCUT2D eigenvalue weighted by molar-refractivity contribution is 9.10. The monoisotopic (exact) mass is 357 g/mol. The van der Waals surface area contributed by atoms with Gasteiger partial charge in [0.05, 0.1) is 5.69 Å². The van der Waals surface area contributed by atoms with Crippen molar-refractivity contribution in [3.63, 3.8) is 0 Å². The molecular formula is C17H16BrN3O. The quantitative estimate of drug-likeness (QED) is 0.721. The molecule has 0 radical (unpaired) electrons. The third kappa shape index (κ3) is 2.03. The minimum Gasteiger partial charge on any atom is -0.310 e. The summed E-state index contributed by atoms with van der Waals surface area (Å²) in [4.78, 5) is 17.1. The number of nitrogens with zero attached hydrogens (tertiary/aromatic N) is 3. The zero-order valence-electron chi connectivity index (χ0n) is 12.3. The van der Waals surface area contributed by atoms with E-state index >= 15 is 0 Å². The SMILES string of the molecule is Cc1nc2c(=O)n(CC3(c4ccccc4)CC3)ccn2c1Br. The number of hydrogen-bond acceptors (Lipinski definition) is 2. The molecule has 2 heterocycles. The second-order valence-corrected chi connectivity index (χ2v) is 6.81. The zero-order valence-corrected chi connectivity index (χ0v) is 13.9. The van der Waals surface area contributed by atoms with Crippen LogP contribution in [0.3, 0.4) is 0 Å². The van der Waals surface area contributed by atoms with E-state index in [1.165, 1.54) is 5.56 Å². The molecule has 0 saturated heterocycles. The predicted octanol–water partition coefficient (Wildman–Crippen LogP) is 3.30. The minimum atomic E-state index is -0.0292. The van der Waals surface area contributed by atoms with Gasteiger partial charge in [0, 0.05) is 24.4 Å². The van der Waals surface area contributed by atoms with Crippen LogP contribution in [0.4, 0.5) is 0 Å². The number of imidazole rings is 1. The van der Waals surface area contributed by atoms with Crippen LogP contribution in [0.5, 0.6) is 0 Å². The highest BCUT2D eigenvalue weighted by atomic mass is 79.9. The number of hydrogen-bond donors (Lipinski definition) is 0. The van der Waals surface area contributed by atoms with Crippen molar-refractivity contribution in [2.75, 3.05) is 0 Å². The van der Waals surface area contributed by atoms with Gasteiger partial charge in [-0.2, -0.15) is 0 Å². The Balaban J connectivity index is 1.77. The summed E-state index contributed by atoms with van der Waals surface area (Å²) in [7, 11) is 0. The van der Waals surface area contributed by atoms with E-state index in [1.54, 1.807) is 8.97 Å². The summed E-state index contributed by atoms with van der Waals surface area (Å²) in [6.07, 6.45) is 6.03. The van der Waals surface area contributed by atoms with E-state index in [0.717, 1.165) is 29.7 Å². The van der Waals surface area contributed by atoms with E-state index in [0.29, 0.717) is 5.65 Å². The molecule has 1 saturated carbocycles. The summed E-state index contributed by atoms with van der Waals surface area (Å²) < 4.78 is 4.45. The van der Waals surface area contributed by atoms with Crippen molar-refractivity contribution >= 4 is 21.6 Å². The van der Waals surface area contributed by atoms with Gasteiger partial charge in [0.2, 0.25) is 5.65 Å². The standard InChI is InChI=1S/C17H16BrN3O/c1-12-14(18)21-10-9-20(16(22)15(21)19-12)11-17(7-8-17)13-5-3-2-4-6-13/h2-6,9-10H,7-8,11H2,1H3. The van der Waals surface area contributed by atoms with Crippen molar-refractivity contribution in [1.29, 1.82) is 0 Å². The number of fused-ring (bicyclic) bond motifs is 1. The molecule has 0 unspecified atom stereocenters. The first kappa shape index (κ1) is 13.8. The average Bonchev–Trinajstić information content (AvgIpc) is 3.26. The summed E-state index contributed by atoms with van der Waals surface area (Å²) in [5.74, 6) is 0. The smallest absolute Gasteiger partial charge is 0.294 e. The van der Waals surface area contributed by atoms with Crippen molar-refractivity contribution in [3.05, 3.63) is 68.9 Å². The van der Waals surface area contributed by atoms with Gasteiger partial charge in [0.15, 0.2) is 0 Å². The molecule has 0 aliphatic heterocycles. The Morgan fingerprint density at radius 3 is 2.64 bits per heavy atom. The van der Waals surface area contributed by atoms with Gasteiger partial charge in [-0.25, -0.2) is 4.98 Å². The summed E-state index contributed by atoms with van der Waals surface area (Å²) >= 11 is 3.47. The maximum Gasteiger partial charge on any atom is 0.294 e. The van der Waals surface area contributed by atoms with Crippen LogP contribution in [0.15, 0.2) is 52.1 Å². The lowest BCUT2D eigenvalue weighted by Crippen LogP contribution is -2.27. The number of benzene rings is 1. The van der Waals surface area contributed by atoms with Gasteiger partial charge in [-0.3, -0.25) is 9.20 Å². The molecule has 0 N–H and O–H groups in total. The number of aryl methyl sites for hydroxylation is 1. The lowest BCUT2D eigenvalue weighted by atomic mass is 9.96. The largest absolute Gasteiger partial charge is 0.310 e. The highest BCUT2D eigenvalue weighted by Gasteiger charge is 2.44. The Labute approximate surface area is 136 Å². The van der Waals surface area contributed by atoms with E-state index in [4.69, 9.17) is 0 Å². The van der Waals surface area contributed by atoms with Crippen molar-refractivity contribution in [3.8, 4) is 0 Å². The lowest BCUT2D eigenvalue weighted by molar-refractivity contribution is 0.533. The molecule has 3 aromatic rings. The fourth-order valence-electron chi connectivity index (χ4n) is 3.09. The number of rotatable bonds is 3. The van der Waals surface area contributed by atoms with Crippen LogP contribution in [-0.4, -0.2) is 14.0 Å². The molecule has 22 heavy (non-hydrogen) atoms. The summed E-state index contributed by atoms with van der Waals surface area (Å²) in [5, 5.41) is 0. The molecule has 4 rings (SSSR count). The second kappa shape index (κ2) is 4.81. The van der Waals surface area contributed by atoms with Crippen LogP contribution in [0, 0.1) is 6.92 Å². The molecule has 112 valence electrons. The number of aromatic nitrogens is 3. The summed E-state index contributed by atoms with van der Waals surface area (Å²) in [6.45, 7) is 2.61. The fourth-order valence-corrected chi connectivity index (χ4v) is 3.46. The minimum absolute atomic E-state index is 0.0292. The molecule has 0 spiro atoms. The van der Waals surface area contributed by atoms with Gasteiger partial charge in [-0.05, 0) is 41.3 Å². The van der Waals surface area contributed by atoms with Crippen molar-refractivity contribution in [2.45, 2.75) is 31.7 Å². The molecule has 0 amide bonds. The Hall–Kier alpha value is -1.88. The molecule has 1 aliphatic rings. The van der Waals surface area contributed by atoms with E-state index in [9.17, 15) is 4.79 Å². The van der Waals surface area contributed by atoms with Crippen molar-refractivity contribution < 1.29 is 0 Å². The molecule has 1 aliphatic carbocycles. The first-order valence-electron chi connectivity index (χ1n) is 7.40. The van der Waals surface area contributed by atoms with E-state index < -0.39 is 0 Å². The lowest BCUT2D eigenvalue weighted by Gasteiger charge is -2.17. The Bertz CT molecular complexity index is 907. The molecule has 1 aromatic carbocycles. The third-order valence-corrected chi connectivity index (χ3v) is 5.53. The molecule has 0 bridgehead atoms. The molecule has 1 fully saturated rings.